The lowest BCUT2D eigenvalue weighted by Gasteiger charge is -2.05. The van der Waals surface area contributed by atoms with Gasteiger partial charge in [0.1, 0.15) is 0 Å². The molecule has 0 aliphatic carbocycles. The van der Waals surface area contributed by atoms with Crippen molar-refractivity contribution in [1.82, 2.24) is 5.32 Å². The first-order chi connectivity index (χ1) is 9.15. The third-order valence-electron chi connectivity index (χ3n) is 2.68. The maximum absolute atomic E-state index is 10.8. The van der Waals surface area contributed by atoms with Gasteiger partial charge in [0, 0.05) is 18.0 Å². The molecule has 0 atom stereocenters. The number of benzene rings is 1. The van der Waals surface area contributed by atoms with Crippen molar-refractivity contribution < 1.29 is 9.90 Å². The molecule has 0 saturated carbocycles. The Morgan fingerprint density at radius 2 is 2.16 bits per heavy atom. The molecule has 2 N–H and O–H groups in total. The van der Waals surface area contributed by atoms with E-state index in [1.54, 1.807) is 29.5 Å². The molecule has 1 aromatic carbocycles. The van der Waals surface area contributed by atoms with E-state index in [-0.39, 0.29) is 0 Å². The summed E-state index contributed by atoms with van der Waals surface area (Å²) >= 11 is 5.18. The van der Waals surface area contributed by atoms with Gasteiger partial charge in [0.05, 0.1) is 9.35 Å². The van der Waals surface area contributed by atoms with Gasteiger partial charge in [-0.2, -0.15) is 0 Å². The number of hydrogen-bond acceptors (Lipinski definition) is 3. The minimum atomic E-state index is -0.884. The Labute approximate surface area is 124 Å². The smallest absolute Gasteiger partial charge is 0.335 e. The molecule has 0 amide bonds. The third kappa shape index (κ3) is 4.45. The Morgan fingerprint density at radius 3 is 2.84 bits per heavy atom. The number of nitrogens with one attached hydrogen (secondary N) is 1. The normalized spacial score (nSPS) is 10.6. The van der Waals surface area contributed by atoms with Crippen molar-refractivity contribution in [3.8, 4) is 0 Å². The van der Waals surface area contributed by atoms with Crippen molar-refractivity contribution in [2.45, 2.75) is 13.0 Å². The van der Waals surface area contributed by atoms with Gasteiger partial charge < -0.3 is 10.4 Å². The highest BCUT2D eigenvalue weighted by Crippen LogP contribution is 2.22. The van der Waals surface area contributed by atoms with Gasteiger partial charge in [0.25, 0.3) is 0 Å². The van der Waals surface area contributed by atoms with Crippen LogP contribution in [0.15, 0.2) is 40.2 Å². The van der Waals surface area contributed by atoms with Crippen LogP contribution in [0.25, 0.3) is 0 Å². The molecule has 5 heteroatoms. The van der Waals surface area contributed by atoms with Crippen molar-refractivity contribution in [2.75, 3.05) is 6.54 Å². The average Bonchev–Trinajstić information content (AvgIpc) is 2.81. The molecular weight excluding hydrogens is 326 g/mol. The summed E-state index contributed by atoms with van der Waals surface area (Å²) in [6, 6.07) is 11.2. The second-order valence-corrected chi connectivity index (χ2v) is 6.69. The van der Waals surface area contributed by atoms with Gasteiger partial charge in [-0.15, -0.1) is 11.3 Å². The van der Waals surface area contributed by atoms with Crippen LogP contribution >= 0.6 is 27.3 Å². The number of rotatable bonds is 6. The minimum Gasteiger partial charge on any atom is -0.478 e. The van der Waals surface area contributed by atoms with Gasteiger partial charge in [-0.1, -0.05) is 12.1 Å². The lowest BCUT2D eigenvalue weighted by Crippen LogP contribution is -2.16. The maximum atomic E-state index is 10.8. The van der Waals surface area contributed by atoms with Gasteiger partial charge in [-0.25, -0.2) is 4.79 Å². The highest BCUT2D eigenvalue weighted by molar-refractivity contribution is 9.11. The summed E-state index contributed by atoms with van der Waals surface area (Å²) in [6.07, 6.45) is 0.981. The number of carbonyl (C=O) groups is 1. The van der Waals surface area contributed by atoms with Crippen LogP contribution < -0.4 is 5.32 Å². The van der Waals surface area contributed by atoms with Gasteiger partial charge in [-0.05, 0) is 52.2 Å². The van der Waals surface area contributed by atoms with E-state index < -0.39 is 5.97 Å². The Morgan fingerprint density at radius 1 is 1.32 bits per heavy atom. The molecule has 0 aliphatic heterocycles. The number of hydrogen-bond donors (Lipinski definition) is 2. The molecule has 2 rings (SSSR count). The number of carboxylic acids is 1. The number of halogens is 1. The SMILES string of the molecule is O=C(O)c1cccc(CNCCc2ccc(Br)s2)c1. The molecule has 19 heavy (non-hydrogen) atoms. The molecule has 1 heterocycles. The monoisotopic (exact) mass is 339 g/mol. The summed E-state index contributed by atoms with van der Waals surface area (Å²) in [5, 5.41) is 12.2. The zero-order valence-corrected chi connectivity index (χ0v) is 12.6. The van der Waals surface area contributed by atoms with E-state index in [9.17, 15) is 4.79 Å². The largest absolute Gasteiger partial charge is 0.478 e. The highest BCUT2D eigenvalue weighted by atomic mass is 79.9. The van der Waals surface area contributed by atoms with Crippen LogP contribution in [0.4, 0.5) is 0 Å². The molecular formula is C14H14BrNO2S. The maximum Gasteiger partial charge on any atom is 0.335 e. The van der Waals surface area contributed by atoms with Crippen LogP contribution in [0.3, 0.4) is 0 Å². The Bertz CT molecular complexity index is 568. The molecule has 0 unspecified atom stereocenters. The van der Waals surface area contributed by atoms with E-state index in [0.29, 0.717) is 12.1 Å². The standard InChI is InChI=1S/C14H14BrNO2S/c15-13-5-4-12(19-13)6-7-16-9-10-2-1-3-11(8-10)14(17)18/h1-5,8,16H,6-7,9H2,(H,17,18). The van der Waals surface area contributed by atoms with Crippen LogP contribution in [0.5, 0.6) is 0 Å². The van der Waals surface area contributed by atoms with Crippen LogP contribution in [0.2, 0.25) is 0 Å². The summed E-state index contributed by atoms with van der Waals surface area (Å²) in [5.41, 5.74) is 1.33. The molecule has 1 aromatic heterocycles. The average molecular weight is 340 g/mol. The number of carboxylic acid groups (broad SMARTS) is 1. The fourth-order valence-electron chi connectivity index (χ4n) is 1.74. The Balaban J connectivity index is 1.79. The van der Waals surface area contributed by atoms with Crippen molar-refractivity contribution in [3.63, 3.8) is 0 Å². The van der Waals surface area contributed by atoms with Crippen LogP contribution in [-0.4, -0.2) is 17.6 Å². The van der Waals surface area contributed by atoms with Crippen molar-refractivity contribution in [1.29, 1.82) is 0 Å². The highest BCUT2D eigenvalue weighted by Gasteiger charge is 2.03. The van der Waals surface area contributed by atoms with Crippen LogP contribution in [0, 0.1) is 0 Å². The van der Waals surface area contributed by atoms with E-state index in [4.69, 9.17) is 5.11 Å². The molecule has 0 fully saturated rings. The topological polar surface area (TPSA) is 49.3 Å². The fraction of sp³-hybridized carbons (Fsp3) is 0.214. The first-order valence-corrected chi connectivity index (χ1v) is 7.53. The summed E-state index contributed by atoms with van der Waals surface area (Å²) in [7, 11) is 0. The molecule has 0 radical (unpaired) electrons. The molecule has 0 spiro atoms. The summed E-state index contributed by atoms with van der Waals surface area (Å²) in [4.78, 5) is 12.2. The zero-order chi connectivity index (χ0) is 13.7. The van der Waals surface area contributed by atoms with Gasteiger partial charge in [0.15, 0.2) is 0 Å². The Hall–Kier alpha value is -1.17. The van der Waals surface area contributed by atoms with E-state index in [1.807, 2.05) is 6.07 Å². The quantitative estimate of drug-likeness (QED) is 0.791. The summed E-state index contributed by atoms with van der Waals surface area (Å²) in [6.45, 7) is 1.57. The first-order valence-electron chi connectivity index (χ1n) is 5.92. The molecule has 100 valence electrons. The van der Waals surface area contributed by atoms with Gasteiger partial charge in [-0.3, -0.25) is 0 Å². The van der Waals surface area contributed by atoms with E-state index in [2.05, 4.69) is 33.4 Å². The predicted molar refractivity (Wildman–Crippen MR) is 80.8 cm³/mol. The zero-order valence-electron chi connectivity index (χ0n) is 10.2. The van der Waals surface area contributed by atoms with E-state index >= 15 is 0 Å². The lowest BCUT2D eigenvalue weighted by atomic mass is 10.1. The van der Waals surface area contributed by atoms with Crippen LogP contribution in [-0.2, 0) is 13.0 Å². The lowest BCUT2D eigenvalue weighted by molar-refractivity contribution is 0.0696. The van der Waals surface area contributed by atoms with Crippen molar-refractivity contribution in [2.24, 2.45) is 0 Å². The Kier molecular flexibility index (Phi) is 5.13. The van der Waals surface area contributed by atoms with E-state index in [1.165, 1.54) is 4.88 Å². The fourth-order valence-corrected chi connectivity index (χ4v) is 3.23. The van der Waals surface area contributed by atoms with E-state index in [0.717, 1.165) is 22.3 Å². The van der Waals surface area contributed by atoms with Crippen molar-refractivity contribution >= 4 is 33.2 Å². The van der Waals surface area contributed by atoms with Gasteiger partial charge in [0.2, 0.25) is 0 Å². The third-order valence-corrected chi connectivity index (χ3v) is 4.36. The second-order valence-electron chi connectivity index (χ2n) is 4.14. The first kappa shape index (κ1) is 14.2. The summed E-state index contributed by atoms with van der Waals surface area (Å²) < 4.78 is 1.15. The molecule has 2 aromatic rings. The summed E-state index contributed by atoms with van der Waals surface area (Å²) in [5.74, 6) is -0.884. The number of aromatic carboxylic acids is 1. The van der Waals surface area contributed by atoms with Gasteiger partial charge >= 0.3 is 5.97 Å². The van der Waals surface area contributed by atoms with Crippen LogP contribution in [0.1, 0.15) is 20.8 Å². The van der Waals surface area contributed by atoms with Crippen molar-refractivity contribution in [3.05, 3.63) is 56.2 Å². The predicted octanol–water partition coefficient (Wildman–Crippen LogP) is 3.54. The second kappa shape index (κ2) is 6.84. The molecule has 0 saturated heterocycles. The molecule has 3 nitrogen and oxygen atoms in total. The minimum absolute atomic E-state index is 0.335. The molecule has 0 bridgehead atoms. The molecule has 0 aliphatic rings. The number of thiophene rings is 1.